The maximum Gasteiger partial charge on any atom is 0.307 e. The first-order chi connectivity index (χ1) is 12.5. The van der Waals surface area contributed by atoms with E-state index in [4.69, 9.17) is 17.0 Å². The topological polar surface area (TPSA) is 116 Å². The molecular weight excluding hydrogens is 358 g/mol. The second kappa shape index (κ2) is 7.27. The average molecular weight is 373 g/mol. The van der Waals surface area contributed by atoms with Crippen LogP contribution >= 0.6 is 12.2 Å². The molecule has 0 aliphatic carbocycles. The lowest BCUT2D eigenvalue weighted by molar-refractivity contribution is -0.385. The van der Waals surface area contributed by atoms with Crippen LogP contribution in [0, 0.1) is 21.8 Å². The number of hydrogen-bond acceptors (Lipinski definition) is 7. The van der Waals surface area contributed by atoms with E-state index in [0.29, 0.717) is 22.9 Å². The highest BCUT2D eigenvalue weighted by Gasteiger charge is 2.11. The van der Waals surface area contributed by atoms with Crippen molar-refractivity contribution in [1.29, 1.82) is 0 Å². The van der Waals surface area contributed by atoms with Gasteiger partial charge in [-0.2, -0.15) is 20.0 Å². The van der Waals surface area contributed by atoms with Gasteiger partial charge in [-0.15, -0.1) is 0 Å². The molecule has 26 heavy (non-hydrogen) atoms. The van der Waals surface area contributed by atoms with E-state index in [2.05, 4.69) is 20.4 Å². The number of methoxy groups -OCH3 is 1. The highest BCUT2D eigenvalue weighted by molar-refractivity contribution is 7.71. The predicted octanol–water partition coefficient (Wildman–Crippen LogP) is 2.29. The van der Waals surface area contributed by atoms with Crippen LogP contribution in [0.25, 0.3) is 0 Å². The third-order valence-electron chi connectivity index (χ3n) is 3.60. The van der Waals surface area contributed by atoms with Crippen LogP contribution in [0.5, 0.6) is 5.75 Å². The molecule has 0 aliphatic rings. The van der Waals surface area contributed by atoms with Crippen LogP contribution in [0.2, 0.25) is 0 Å². The Morgan fingerprint density at radius 1 is 1.50 bits per heavy atom. The molecule has 0 atom stereocenters. The number of nitro groups is 1. The van der Waals surface area contributed by atoms with Crippen LogP contribution in [-0.2, 0) is 6.54 Å². The van der Waals surface area contributed by atoms with Gasteiger partial charge in [-0.1, -0.05) is 0 Å². The van der Waals surface area contributed by atoms with Crippen molar-refractivity contribution >= 4 is 24.1 Å². The maximum absolute atomic E-state index is 10.8. The molecule has 2 aromatic heterocycles. The normalized spacial score (nSPS) is 11.2. The van der Waals surface area contributed by atoms with Crippen molar-refractivity contribution in [3.63, 3.8) is 0 Å². The molecule has 0 saturated carbocycles. The van der Waals surface area contributed by atoms with Gasteiger partial charge in [0.2, 0.25) is 4.77 Å². The summed E-state index contributed by atoms with van der Waals surface area (Å²) in [6.07, 6.45) is 4.22. The predicted molar refractivity (Wildman–Crippen MR) is 96.1 cm³/mol. The minimum absolute atomic E-state index is 0.0634. The SMILES string of the molecule is COc1ccc(/C=N/n2c(C)n[nH]c2=S)cc1Cn1cc([N+](=O)[O-])cn1. The highest BCUT2D eigenvalue weighted by Crippen LogP contribution is 2.21. The molecule has 10 nitrogen and oxygen atoms in total. The number of ether oxygens (including phenoxy) is 1. The molecule has 134 valence electrons. The van der Waals surface area contributed by atoms with Crippen molar-refractivity contribution in [3.05, 3.63) is 62.4 Å². The van der Waals surface area contributed by atoms with E-state index < -0.39 is 4.92 Å². The zero-order valence-electron chi connectivity index (χ0n) is 14.0. The number of nitrogens with zero attached hydrogens (tertiary/aromatic N) is 6. The first-order valence-corrected chi connectivity index (χ1v) is 7.91. The fourth-order valence-corrected chi connectivity index (χ4v) is 2.57. The summed E-state index contributed by atoms with van der Waals surface area (Å²) in [5.41, 5.74) is 1.55. The molecule has 0 unspecified atom stereocenters. The van der Waals surface area contributed by atoms with Crippen molar-refractivity contribution in [2.24, 2.45) is 5.10 Å². The Labute approximate surface area is 152 Å². The summed E-state index contributed by atoms with van der Waals surface area (Å²) in [5.74, 6) is 1.29. The Morgan fingerprint density at radius 2 is 2.31 bits per heavy atom. The first kappa shape index (κ1) is 17.5. The first-order valence-electron chi connectivity index (χ1n) is 7.50. The number of H-pyrrole nitrogens is 1. The third-order valence-corrected chi connectivity index (χ3v) is 3.87. The van der Waals surface area contributed by atoms with Crippen LogP contribution < -0.4 is 4.74 Å². The Balaban J connectivity index is 1.88. The Bertz CT molecular complexity index is 1030. The second-order valence-corrected chi connectivity index (χ2v) is 5.74. The van der Waals surface area contributed by atoms with Gasteiger partial charge >= 0.3 is 5.69 Å². The summed E-state index contributed by atoms with van der Waals surface area (Å²) >= 11 is 5.11. The zero-order chi connectivity index (χ0) is 18.7. The zero-order valence-corrected chi connectivity index (χ0v) is 14.8. The van der Waals surface area contributed by atoms with Gasteiger partial charge in [-0.25, -0.2) is 0 Å². The number of hydrogen-bond donors (Lipinski definition) is 1. The molecule has 1 N–H and O–H groups in total. The minimum Gasteiger partial charge on any atom is -0.496 e. The lowest BCUT2D eigenvalue weighted by Crippen LogP contribution is -2.03. The summed E-state index contributed by atoms with van der Waals surface area (Å²) in [5, 5.41) is 25.8. The molecule has 11 heteroatoms. The van der Waals surface area contributed by atoms with Crippen LogP contribution in [0.15, 0.2) is 35.7 Å². The van der Waals surface area contributed by atoms with Gasteiger partial charge in [-0.05, 0) is 42.9 Å². The van der Waals surface area contributed by atoms with Crippen LogP contribution in [0.3, 0.4) is 0 Å². The highest BCUT2D eigenvalue weighted by atomic mass is 32.1. The van der Waals surface area contributed by atoms with E-state index in [1.54, 1.807) is 26.3 Å². The summed E-state index contributed by atoms with van der Waals surface area (Å²) in [6, 6.07) is 5.52. The Hall–Kier alpha value is -3.34. The van der Waals surface area contributed by atoms with Crippen LogP contribution in [-0.4, -0.2) is 42.9 Å². The number of aromatic amines is 1. The van der Waals surface area contributed by atoms with Crippen molar-refractivity contribution in [2.45, 2.75) is 13.5 Å². The molecule has 0 amide bonds. The third kappa shape index (κ3) is 3.67. The molecule has 2 heterocycles. The molecule has 0 aliphatic heterocycles. The van der Waals surface area contributed by atoms with E-state index in [9.17, 15) is 10.1 Å². The maximum atomic E-state index is 10.8. The van der Waals surface area contributed by atoms with Gasteiger partial charge in [0.15, 0.2) is 0 Å². The summed E-state index contributed by atoms with van der Waals surface area (Å²) in [6.45, 7) is 2.11. The van der Waals surface area contributed by atoms with Gasteiger partial charge < -0.3 is 4.74 Å². The van der Waals surface area contributed by atoms with Gasteiger partial charge in [0, 0.05) is 5.56 Å². The number of aryl methyl sites for hydroxylation is 1. The second-order valence-electron chi connectivity index (χ2n) is 5.36. The number of rotatable bonds is 6. The number of aromatic nitrogens is 5. The van der Waals surface area contributed by atoms with E-state index in [1.165, 1.54) is 21.8 Å². The summed E-state index contributed by atoms with van der Waals surface area (Å²) < 4.78 is 8.75. The molecule has 3 aromatic rings. The van der Waals surface area contributed by atoms with E-state index in [1.807, 2.05) is 12.1 Å². The minimum atomic E-state index is -0.485. The Kier molecular flexibility index (Phi) is 4.89. The molecular formula is C15H15N7O3S. The van der Waals surface area contributed by atoms with Crippen molar-refractivity contribution < 1.29 is 9.66 Å². The lowest BCUT2D eigenvalue weighted by atomic mass is 10.1. The van der Waals surface area contributed by atoms with E-state index >= 15 is 0 Å². The standard InChI is InChI=1S/C15H15N7O3S/c1-10-18-19-15(26)21(10)17-6-11-3-4-14(25-2)12(5-11)8-20-9-13(7-16-20)22(23)24/h3-7,9H,8H2,1-2H3,(H,19,26)/b17-6+. The smallest absolute Gasteiger partial charge is 0.307 e. The lowest BCUT2D eigenvalue weighted by Gasteiger charge is -2.09. The number of benzene rings is 1. The van der Waals surface area contributed by atoms with Gasteiger partial charge in [0.25, 0.3) is 0 Å². The van der Waals surface area contributed by atoms with Crippen molar-refractivity contribution in [1.82, 2.24) is 24.7 Å². The summed E-state index contributed by atoms with van der Waals surface area (Å²) in [4.78, 5) is 10.3. The van der Waals surface area contributed by atoms with E-state index in [-0.39, 0.29) is 5.69 Å². The fourth-order valence-electron chi connectivity index (χ4n) is 2.34. The average Bonchev–Trinajstić information content (AvgIpc) is 3.21. The van der Waals surface area contributed by atoms with Crippen LogP contribution in [0.4, 0.5) is 5.69 Å². The fraction of sp³-hybridized carbons (Fsp3) is 0.200. The largest absolute Gasteiger partial charge is 0.496 e. The Morgan fingerprint density at radius 3 is 2.92 bits per heavy atom. The van der Waals surface area contributed by atoms with Crippen molar-refractivity contribution in [3.8, 4) is 5.75 Å². The van der Waals surface area contributed by atoms with Crippen molar-refractivity contribution in [2.75, 3.05) is 7.11 Å². The van der Waals surface area contributed by atoms with Gasteiger partial charge in [0.1, 0.15) is 24.0 Å². The molecule has 0 radical (unpaired) electrons. The molecule has 0 bridgehead atoms. The van der Waals surface area contributed by atoms with E-state index in [0.717, 1.165) is 11.1 Å². The monoisotopic (exact) mass is 373 g/mol. The molecule has 1 aromatic carbocycles. The van der Waals surface area contributed by atoms with Crippen LogP contribution in [0.1, 0.15) is 17.0 Å². The molecule has 0 fully saturated rings. The molecule has 0 saturated heterocycles. The number of nitrogens with one attached hydrogen (secondary N) is 1. The van der Waals surface area contributed by atoms with Gasteiger partial charge in [-0.3, -0.25) is 19.9 Å². The quantitative estimate of drug-likeness (QED) is 0.307. The molecule has 0 spiro atoms. The van der Waals surface area contributed by atoms with Gasteiger partial charge in [0.05, 0.1) is 24.8 Å². The summed E-state index contributed by atoms with van der Waals surface area (Å²) in [7, 11) is 1.56. The molecule has 3 rings (SSSR count).